The van der Waals surface area contributed by atoms with Crippen LogP contribution >= 0.6 is 0 Å². The second-order valence-corrected chi connectivity index (χ2v) is 11.1. The van der Waals surface area contributed by atoms with Crippen LogP contribution in [0.15, 0.2) is 18.2 Å². The van der Waals surface area contributed by atoms with Crippen LogP contribution in [0.4, 0.5) is 5.69 Å². The number of aliphatic hydroxyl groups excluding tert-OH is 1. The number of carbonyl (C=O) groups is 3. The Kier molecular flexibility index (Phi) is 8.29. The standard InChI is InChI=1S/C29H43N3O5/c1-5-15-30-25(34)22-23-27(36)32(16-9-7-8-10-17-33)24(29(23)14-13-28(22,6-2)37-29)26(35)31-21-18-19(3)11-12-20(21)4/h11-12,18,22-24,33H,5-10,13-17H2,1-4H3,(H,30,34)(H,31,35)/t22-,23+,24?,28+,29?/m1/s1. The first-order chi connectivity index (χ1) is 17.7. The average Bonchev–Trinajstić information content (AvgIpc) is 3.48. The molecule has 5 atom stereocenters. The monoisotopic (exact) mass is 513 g/mol. The van der Waals surface area contributed by atoms with Gasteiger partial charge in [0.15, 0.2) is 0 Å². The molecule has 2 bridgehead atoms. The van der Waals surface area contributed by atoms with Gasteiger partial charge in [-0.25, -0.2) is 0 Å². The van der Waals surface area contributed by atoms with Crippen LogP contribution in [-0.2, 0) is 19.1 Å². The number of aliphatic hydroxyl groups is 1. The molecule has 3 aliphatic rings. The van der Waals surface area contributed by atoms with Crippen LogP contribution in [0, 0.1) is 25.7 Å². The molecule has 8 nitrogen and oxygen atoms in total. The number of hydrogen-bond acceptors (Lipinski definition) is 5. The van der Waals surface area contributed by atoms with Gasteiger partial charge in [0.1, 0.15) is 11.6 Å². The number of aryl methyl sites for hydroxylation is 2. The first kappa shape index (κ1) is 27.6. The molecule has 0 saturated carbocycles. The molecule has 3 N–H and O–H groups in total. The summed E-state index contributed by atoms with van der Waals surface area (Å²) in [4.78, 5) is 43.2. The number of hydrogen-bond donors (Lipinski definition) is 3. The minimum atomic E-state index is -1.01. The van der Waals surface area contributed by atoms with E-state index in [0.29, 0.717) is 32.4 Å². The number of ether oxygens (including phenoxy) is 1. The number of amides is 3. The van der Waals surface area contributed by atoms with Crippen LogP contribution < -0.4 is 10.6 Å². The highest BCUT2D eigenvalue weighted by molar-refractivity contribution is 6.04. The summed E-state index contributed by atoms with van der Waals surface area (Å²) < 4.78 is 6.79. The van der Waals surface area contributed by atoms with Crippen molar-refractivity contribution in [3.05, 3.63) is 29.3 Å². The third-order valence-electron chi connectivity index (χ3n) is 8.72. The van der Waals surface area contributed by atoms with Gasteiger partial charge >= 0.3 is 0 Å². The molecule has 37 heavy (non-hydrogen) atoms. The van der Waals surface area contributed by atoms with E-state index in [0.717, 1.165) is 48.9 Å². The molecule has 3 aliphatic heterocycles. The molecule has 0 aliphatic carbocycles. The number of fused-ring (bicyclic) bond motifs is 1. The first-order valence-electron chi connectivity index (χ1n) is 14.0. The molecule has 3 heterocycles. The highest BCUT2D eigenvalue weighted by Crippen LogP contribution is 2.64. The fraction of sp³-hybridized carbons (Fsp3) is 0.690. The summed E-state index contributed by atoms with van der Waals surface area (Å²) in [6.45, 7) is 9.07. The molecule has 204 valence electrons. The number of carbonyl (C=O) groups excluding carboxylic acids is 3. The zero-order valence-electron chi connectivity index (χ0n) is 22.8. The van der Waals surface area contributed by atoms with Crippen molar-refractivity contribution < 1.29 is 24.2 Å². The topological polar surface area (TPSA) is 108 Å². The molecular weight excluding hydrogens is 470 g/mol. The summed E-state index contributed by atoms with van der Waals surface area (Å²) in [7, 11) is 0. The molecule has 1 aromatic carbocycles. The van der Waals surface area contributed by atoms with Gasteiger partial charge in [-0.3, -0.25) is 14.4 Å². The molecule has 0 aromatic heterocycles. The van der Waals surface area contributed by atoms with Crippen LogP contribution in [0.25, 0.3) is 0 Å². The van der Waals surface area contributed by atoms with Crippen molar-refractivity contribution in [2.75, 3.05) is 25.0 Å². The van der Waals surface area contributed by atoms with E-state index in [1.165, 1.54) is 0 Å². The SMILES string of the molecule is CCCNC(=O)[C@H]1[C@H]2C(=O)N(CCCCCCO)C(C(=O)Nc3cc(C)ccc3C)C23CC[C@]1(CC)O3. The van der Waals surface area contributed by atoms with E-state index >= 15 is 0 Å². The van der Waals surface area contributed by atoms with Crippen LogP contribution in [0.3, 0.4) is 0 Å². The number of nitrogens with zero attached hydrogens (tertiary/aromatic N) is 1. The highest BCUT2D eigenvalue weighted by atomic mass is 16.5. The van der Waals surface area contributed by atoms with Crippen molar-refractivity contribution >= 4 is 23.4 Å². The van der Waals surface area contributed by atoms with Crippen LogP contribution in [0.1, 0.15) is 76.3 Å². The maximum absolute atomic E-state index is 14.1. The lowest BCUT2D eigenvalue weighted by atomic mass is 9.65. The molecule has 8 heteroatoms. The zero-order valence-corrected chi connectivity index (χ0v) is 22.8. The first-order valence-corrected chi connectivity index (χ1v) is 14.0. The molecule has 3 amide bonds. The van der Waals surface area contributed by atoms with E-state index in [2.05, 4.69) is 10.6 Å². The summed E-state index contributed by atoms with van der Waals surface area (Å²) in [5, 5.41) is 15.2. The van der Waals surface area contributed by atoms with Crippen LogP contribution in [0.2, 0.25) is 0 Å². The molecule has 0 radical (unpaired) electrons. The van der Waals surface area contributed by atoms with E-state index in [-0.39, 0.29) is 24.3 Å². The molecule has 2 unspecified atom stereocenters. The highest BCUT2D eigenvalue weighted by Gasteiger charge is 2.78. The van der Waals surface area contributed by atoms with Gasteiger partial charge in [-0.1, -0.05) is 38.8 Å². The Labute approximate surface area is 220 Å². The minimum Gasteiger partial charge on any atom is -0.396 e. The number of nitrogens with one attached hydrogen (secondary N) is 2. The third-order valence-corrected chi connectivity index (χ3v) is 8.72. The van der Waals surface area contributed by atoms with E-state index in [1.807, 2.05) is 45.9 Å². The normalized spacial score (nSPS) is 30.0. The lowest BCUT2D eigenvalue weighted by Crippen LogP contribution is -2.53. The quantitative estimate of drug-likeness (QED) is 0.371. The summed E-state index contributed by atoms with van der Waals surface area (Å²) >= 11 is 0. The Morgan fingerprint density at radius 2 is 1.86 bits per heavy atom. The van der Waals surface area contributed by atoms with Gasteiger partial charge in [-0.2, -0.15) is 0 Å². The lowest BCUT2D eigenvalue weighted by molar-refractivity contribution is -0.146. The molecule has 3 fully saturated rings. The molecule has 3 saturated heterocycles. The van der Waals surface area contributed by atoms with Crippen molar-refractivity contribution in [3.63, 3.8) is 0 Å². The summed E-state index contributed by atoms with van der Waals surface area (Å²) in [5.74, 6) is -1.79. The third kappa shape index (κ3) is 4.78. The Balaban J connectivity index is 1.68. The second-order valence-electron chi connectivity index (χ2n) is 11.1. The number of anilines is 1. The maximum atomic E-state index is 14.1. The van der Waals surface area contributed by atoms with Gasteiger partial charge in [0, 0.05) is 25.4 Å². The van der Waals surface area contributed by atoms with Crippen molar-refractivity contribution in [2.24, 2.45) is 11.8 Å². The largest absolute Gasteiger partial charge is 0.396 e. The fourth-order valence-electron chi connectivity index (χ4n) is 6.83. The number of rotatable bonds is 12. The molecule has 1 spiro atoms. The van der Waals surface area contributed by atoms with Crippen molar-refractivity contribution in [1.29, 1.82) is 0 Å². The van der Waals surface area contributed by atoms with Crippen LogP contribution in [-0.4, -0.2) is 64.7 Å². The Hall–Kier alpha value is -2.45. The lowest BCUT2D eigenvalue weighted by Gasteiger charge is -2.34. The number of likely N-dealkylation sites (tertiary alicyclic amines) is 1. The van der Waals surface area contributed by atoms with Gasteiger partial charge in [0.2, 0.25) is 17.7 Å². The summed E-state index contributed by atoms with van der Waals surface area (Å²) in [5.41, 5.74) is 0.995. The summed E-state index contributed by atoms with van der Waals surface area (Å²) in [6.07, 6.45) is 5.85. The number of benzene rings is 1. The summed E-state index contributed by atoms with van der Waals surface area (Å²) in [6, 6.07) is 5.13. The molecular formula is C29H43N3O5. The van der Waals surface area contributed by atoms with Gasteiger partial charge in [0.25, 0.3) is 0 Å². The van der Waals surface area contributed by atoms with Gasteiger partial charge in [0.05, 0.1) is 17.4 Å². The second kappa shape index (κ2) is 11.1. The van der Waals surface area contributed by atoms with Crippen molar-refractivity contribution in [1.82, 2.24) is 10.2 Å². The van der Waals surface area contributed by atoms with Crippen LogP contribution in [0.5, 0.6) is 0 Å². The van der Waals surface area contributed by atoms with Crippen molar-refractivity contribution in [3.8, 4) is 0 Å². The Morgan fingerprint density at radius 3 is 2.57 bits per heavy atom. The minimum absolute atomic E-state index is 0.137. The van der Waals surface area contributed by atoms with Crippen molar-refractivity contribution in [2.45, 2.75) is 96.3 Å². The smallest absolute Gasteiger partial charge is 0.250 e. The fourth-order valence-corrected chi connectivity index (χ4v) is 6.83. The van der Waals surface area contributed by atoms with E-state index in [4.69, 9.17) is 9.84 Å². The Bertz CT molecular complexity index is 1030. The molecule has 4 rings (SSSR count). The predicted octanol–water partition coefficient (Wildman–Crippen LogP) is 3.48. The maximum Gasteiger partial charge on any atom is 0.250 e. The molecule has 1 aromatic rings. The van der Waals surface area contributed by atoms with E-state index in [1.54, 1.807) is 4.90 Å². The van der Waals surface area contributed by atoms with Gasteiger partial charge in [-0.15, -0.1) is 0 Å². The predicted molar refractivity (Wildman–Crippen MR) is 142 cm³/mol. The zero-order chi connectivity index (χ0) is 26.8. The van der Waals surface area contributed by atoms with E-state index < -0.39 is 29.1 Å². The average molecular weight is 514 g/mol. The van der Waals surface area contributed by atoms with Gasteiger partial charge in [-0.05, 0) is 69.6 Å². The number of unbranched alkanes of at least 4 members (excludes halogenated alkanes) is 3. The Morgan fingerprint density at radius 1 is 1.11 bits per heavy atom. The van der Waals surface area contributed by atoms with Gasteiger partial charge < -0.3 is 25.4 Å². The van der Waals surface area contributed by atoms with E-state index in [9.17, 15) is 14.4 Å².